The minimum absolute atomic E-state index is 0. The van der Waals surface area contributed by atoms with Gasteiger partial charge in [-0.15, -0.1) is 0 Å². The molecular formula is C12H26Br2N2O2. The monoisotopic (exact) mass is 388 g/mol. The standard InChI is InChI=1S/C12H24N2O2.2BrH/c15-11-5-1-3-9(11)13-7-8-14-10-4-2-6-12(10)16;;/h9-16H,1-8H2;2*1H/t9-,10+,11-,12+;;. The summed E-state index contributed by atoms with van der Waals surface area (Å²) >= 11 is 0. The molecule has 6 heteroatoms. The molecule has 110 valence electrons. The number of rotatable bonds is 5. The van der Waals surface area contributed by atoms with Crippen LogP contribution in [0.1, 0.15) is 38.5 Å². The summed E-state index contributed by atoms with van der Waals surface area (Å²) in [5.41, 5.74) is 0. The second kappa shape index (κ2) is 9.66. The van der Waals surface area contributed by atoms with Crippen molar-refractivity contribution in [1.29, 1.82) is 0 Å². The SMILES string of the molecule is O[C@@H]1CCC[C@H]1[NH2+]CC[NH2+][C@H]1CCC[C@@H]1O.[Br-].[Br-]. The summed E-state index contributed by atoms with van der Waals surface area (Å²) in [6.07, 6.45) is 6.45. The molecule has 0 radical (unpaired) electrons. The molecule has 18 heavy (non-hydrogen) atoms. The zero-order chi connectivity index (χ0) is 11.4. The van der Waals surface area contributed by atoms with E-state index in [-0.39, 0.29) is 46.2 Å². The molecule has 4 atom stereocenters. The molecule has 0 heterocycles. The van der Waals surface area contributed by atoms with Crippen LogP contribution in [0.25, 0.3) is 0 Å². The van der Waals surface area contributed by atoms with Crippen LogP contribution in [0.4, 0.5) is 0 Å². The molecule has 6 N–H and O–H groups in total. The quantitative estimate of drug-likeness (QED) is 0.353. The number of nitrogens with two attached hydrogens (primary N) is 2. The van der Waals surface area contributed by atoms with Crippen molar-refractivity contribution in [2.75, 3.05) is 13.1 Å². The summed E-state index contributed by atoms with van der Waals surface area (Å²) in [6, 6.07) is 0.865. The lowest BCUT2D eigenvalue weighted by Crippen LogP contribution is -3.00. The Hall–Kier alpha value is 0.800. The average Bonchev–Trinajstić information content (AvgIpc) is 2.84. The zero-order valence-corrected chi connectivity index (χ0v) is 13.9. The van der Waals surface area contributed by atoms with Gasteiger partial charge in [0.15, 0.2) is 0 Å². The highest BCUT2D eigenvalue weighted by molar-refractivity contribution is 4.75. The molecule has 0 saturated heterocycles. The Balaban J connectivity index is 0.00000144. The van der Waals surface area contributed by atoms with Crippen LogP contribution in [-0.2, 0) is 0 Å². The highest BCUT2D eigenvalue weighted by Crippen LogP contribution is 2.16. The second-order valence-corrected chi connectivity index (χ2v) is 5.37. The van der Waals surface area contributed by atoms with Gasteiger partial charge >= 0.3 is 0 Å². The summed E-state index contributed by atoms with van der Waals surface area (Å²) in [7, 11) is 0. The maximum Gasteiger partial charge on any atom is 0.126 e. The van der Waals surface area contributed by atoms with E-state index >= 15 is 0 Å². The topological polar surface area (TPSA) is 73.7 Å². The van der Waals surface area contributed by atoms with E-state index < -0.39 is 0 Å². The van der Waals surface area contributed by atoms with Gasteiger partial charge in [0.1, 0.15) is 37.4 Å². The Morgan fingerprint density at radius 1 is 0.722 bits per heavy atom. The van der Waals surface area contributed by atoms with Gasteiger partial charge in [-0.3, -0.25) is 0 Å². The second-order valence-electron chi connectivity index (χ2n) is 5.37. The van der Waals surface area contributed by atoms with E-state index in [4.69, 9.17) is 0 Å². The van der Waals surface area contributed by atoms with Gasteiger partial charge in [-0.25, -0.2) is 0 Å². The molecule has 0 aromatic heterocycles. The molecule has 2 saturated carbocycles. The Morgan fingerprint density at radius 2 is 1.11 bits per heavy atom. The molecule has 2 aliphatic carbocycles. The summed E-state index contributed by atoms with van der Waals surface area (Å²) < 4.78 is 0. The van der Waals surface area contributed by atoms with Gasteiger partial charge in [-0.2, -0.15) is 0 Å². The van der Waals surface area contributed by atoms with E-state index in [1.165, 1.54) is 12.8 Å². The van der Waals surface area contributed by atoms with Crippen LogP contribution in [0.3, 0.4) is 0 Å². The predicted molar refractivity (Wildman–Crippen MR) is 60.9 cm³/mol. The van der Waals surface area contributed by atoms with E-state index in [0.717, 1.165) is 38.8 Å². The average molecular weight is 390 g/mol. The van der Waals surface area contributed by atoms with Gasteiger partial charge in [-0.1, -0.05) is 0 Å². The highest BCUT2D eigenvalue weighted by atomic mass is 79.9. The normalized spacial score (nSPS) is 35.0. The van der Waals surface area contributed by atoms with Crippen molar-refractivity contribution in [3.63, 3.8) is 0 Å². The van der Waals surface area contributed by atoms with Crippen molar-refractivity contribution in [2.45, 2.75) is 62.8 Å². The molecule has 4 nitrogen and oxygen atoms in total. The number of hydrogen-bond donors (Lipinski definition) is 4. The van der Waals surface area contributed by atoms with Crippen LogP contribution in [0.15, 0.2) is 0 Å². The van der Waals surface area contributed by atoms with Crippen molar-refractivity contribution < 1.29 is 54.8 Å². The third-order valence-electron chi connectivity index (χ3n) is 4.17. The van der Waals surface area contributed by atoms with Gasteiger partial charge in [0.2, 0.25) is 0 Å². The van der Waals surface area contributed by atoms with Gasteiger partial charge in [0.25, 0.3) is 0 Å². The maximum atomic E-state index is 9.66. The Labute approximate surface area is 130 Å². The van der Waals surface area contributed by atoms with Crippen molar-refractivity contribution >= 4 is 0 Å². The van der Waals surface area contributed by atoms with Gasteiger partial charge in [0, 0.05) is 12.8 Å². The first-order valence-corrected chi connectivity index (χ1v) is 6.80. The van der Waals surface area contributed by atoms with Gasteiger partial charge in [-0.05, 0) is 25.7 Å². The predicted octanol–water partition coefficient (Wildman–Crippen LogP) is -8.05. The maximum absolute atomic E-state index is 9.66. The van der Waals surface area contributed by atoms with Crippen molar-refractivity contribution in [2.24, 2.45) is 0 Å². The first-order chi connectivity index (χ1) is 7.77. The molecule has 0 bridgehead atoms. The van der Waals surface area contributed by atoms with Gasteiger partial charge < -0.3 is 54.8 Å². The fourth-order valence-electron chi connectivity index (χ4n) is 3.11. The fraction of sp³-hybridized carbons (Fsp3) is 1.00. The molecule has 2 fully saturated rings. The minimum atomic E-state index is -0.0860. The number of aliphatic hydroxyl groups is 2. The summed E-state index contributed by atoms with van der Waals surface area (Å²) in [4.78, 5) is 0. The van der Waals surface area contributed by atoms with Crippen molar-refractivity contribution in [3.05, 3.63) is 0 Å². The smallest absolute Gasteiger partial charge is 0.126 e. The lowest BCUT2D eigenvalue weighted by Gasteiger charge is -2.15. The summed E-state index contributed by atoms with van der Waals surface area (Å²) in [5, 5.41) is 23.9. The highest BCUT2D eigenvalue weighted by Gasteiger charge is 2.29. The third-order valence-corrected chi connectivity index (χ3v) is 4.17. The van der Waals surface area contributed by atoms with E-state index in [0.29, 0.717) is 12.1 Å². The van der Waals surface area contributed by atoms with E-state index in [1.807, 2.05) is 0 Å². The summed E-state index contributed by atoms with van der Waals surface area (Å²) in [5.74, 6) is 0. The number of halogens is 2. The molecule has 0 aromatic rings. The number of hydrogen-bond acceptors (Lipinski definition) is 2. The Kier molecular flexibility index (Phi) is 10.1. The molecular weight excluding hydrogens is 364 g/mol. The number of aliphatic hydroxyl groups excluding tert-OH is 2. The minimum Gasteiger partial charge on any atom is -1.00 e. The Bertz CT molecular complexity index is 200. The zero-order valence-electron chi connectivity index (χ0n) is 10.8. The summed E-state index contributed by atoms with van der Waals surface area (Å²) in [6.45, 7) is 2.12. The van der Waals surface area contributed by atoms with E-state index in [2.05, 4.69) is 10.6 Å². The number of quaternary nitrogens is 2. The molecule has 0 unspecified atom stereocenters. The van der Waals surface area contributed by atoms with Crippen LogP contribution >= 0.6 is 0 Å². The molecule has 2 aliphatic rings. The van der Waals surface area contributed by atoms with E-state index in [1.54, 1.807) is 0 Å². The van der Waals surface area contributed by atoms with Crippen LogP contribution < -0.4 is 44.6 Å². The third kappa shape index (κ3) is 5.43. The molecule has 0 spiro atoms. The fourth-order valence-corrected chi connectivity index (χ4v) is 3.11. The van der Waals surface area contributed by atoms with Crippen LogP contribution in [-0.4, -0.2) is 47.6 Å². The molecule has 0 aromatic carbocycles. The molecule has 0 amide bonds. The Morgan fingerprint density at radius 3 is 1.39 bits per heavy atom. The molecule has 2 rings (SSSR count). The van der Waals surface area contributed by atoms with E-state index in [9.17, 15) is 10.2 Å². The van der Waals surface area contributed by atoms with Crippen molar-refractivity contribution in [3.8, 4) is 0 Å². The van der Waals surface area contributed by atoms with Crippen LogP contribution in [0.5, 0.6) is 0 Å². The lowest BCUT2D eigenvalue weighted by molar-refractivity contribution is -0.758. The van der Waals surface area contributed by atoms with Crippen LogP contribution in [0, 0.1) is 0 Å². The first-order valence-electron chi connectivity index (χ1n) is 6.80. The first kappa shape index (κ1) is 18.8. The lowest BCUT2D eigenvalue weighted by atomic mass is 10.2. The van der Waals surface area contributed by atoms with Crippen LogP contribution in [0.2, 0.25) is 0 Å². The molecule has 0 aliphatic heterocycles. The van der Waals surface area contributed by atoms with Gasteiger partial charge in [0.05, 0.1) is 0 Å². The largest absolute Gasteiger partial charge is 1.00 e. The van der Waals surface area contributed by atoms with Crippen molar-refractivity contribution in [1.82, 2.24) is 0 Å².